The largest absolute Gasteiger partial charge is 0.496 e. The van der Waals surface area contributed by atoms with E-state index in [1.165, 1.54) is 41.6 Å². The lowest BCUT2D eigenvalue weighted by Crippen LogP contribution is -2.22. The Morgan fingerprint density at radius 3 is 0.977 bits per heavy atom. The summed E-state index contributed by atoms with van der Waals surface area (Å²) in [6, 6.07) is 56.3. The predicted octanol–water partition coefficient (Wildman–Crippen LogP) is 7.37. The van der Waals surface area contributed by atoms with Gasteiger partial charge in [0.1, 0.15) is 11.5 Å². The molecular formula is C38H32O2P2S. The summed E-state index contributed by atoms with van der Waals surface area (Å²) in [6.07, 6.45) is 0. The summed E-state index contributed by atoms with van der Waals surface area (Å²) in [5.74, 6) is 1.82. The first-order chi connectivity index (χ1) is 21.2. The van der Waals surface area contributed by atoms with Gasteiger partial charge in [-0.15, -0.1) is 0 Å². The molecule has 0 bridgehead atoms. The molecule has 0 aliphatic rings. The van der Waals surface area contributed by atoms with E-state index in [9.17, 15) is 0 Å². The number of ether oxygens (including phenoxy) is 2. The first-order valence-corrected chi connectivity index (χ1v) is 17.6. The number of methoxy groups -OCH3 is 2. The second-order valence-corrected chi connectivity index (χ2v) is 15.3. The van der Waals surface area contributed by atoms with Gasteiger partial charge in [0.2, 0.25) is 0 Å². The molecule has 0 amide bonds. The molecule has 2 nitrogen and oxygen atoms in total. The molecule has 0 atom stereocenters. The third kappa shape index (κ3) is 6.71. The molecule has 0 aromatic heterocycles. The zero-order valence-electron chi connectivity index (χ0n) is 24.1. The summed E-state index contributed by atoms with van der Waals surface area (Å²) < 4.78 is 11.9. The molecule has 0 N–H and O–H groups in total. The molecule has 0 saturated heterocycles. The molecule has 0 aliphatic heterocycles. The first kappa shape index (κ1) is 29.2. The zero-order valence-corrected chi connectivity index (χ0v) is 26.7. The number of rotatable bonds is 10. The van der Waals surface area contributed by atoms with E-state index in [-0.39, 0.29) is 0 Å². The fourth-order valence-corrected chi connectivity index (χ4v) is 11.1. The monoisotopic (exact) mass is 614 g/mol. The second kappa shape index (κ2) is 14.1. The number of hydrogen-bond donors (Lipinski definition) is 0. The number of benzene rings is 6. The second-order valence-electron chi connectivity index (χ2n) is 9.78. The van der Waals surface area contributed by atoms with E-state index in [1.54, 1.807) is 26.0 Å². The van der Waals surface area contributed by atoms with Gasteiger partial charge in [-0.3, -0.25) is 0 Å². The van der Waals surface area contributed by atoms with Crippen LogP contribution in [0.15, 0.2) is 168 Å². The lowest BCUT2D eigenvalue weighted by molar-refractivity contribution is 0.418. The minimum atomic E-state index is -0.803. The molecular weight excluding hydrogens is 582 g/mol. The van der Waals surface area contributed by atoms with Crippen molar-refractivity contribution in [2.75, 3.05) is 14.2 Å². The Bertz CT molecular complexity index is 1550. The number of hydrogen-bond acceptors (Lipinski definition) is 3. The molecule has 0 heterocycles. The maximum Gasteiger partial charge on any atom is 0.127 e. The van der Waals surface area contributed by atoms with Crippen LogP contribution in [0, 0.1) is 0 Å². The molecule has 0 fully saturated rings. The highest BCUT2D eigenvalue weighted by atomic mass is 32.2. The molecule has 0 aliphatic carbocycles. The van der Waals surface area contributed by atoms with Crippen molar-refractivity contribution in [2.45, 2.75) is 9.79 Å². The minimum Gasteiger partial charge on any atom is -0.496 e. The molecule has 43 heavy (non-hydrogen) atoms. The Kier molecular flexibility index (Phi) is 9.56. The van der Waals surface area contributed by atoms with Gasteiger partial charge in [0.05, 0.1) is 14.2 Å². The van der Waals surface area contributed by atoms with Crippen LogP contribution >= 0.6 is 27.6 Å². The standard InChI is InChI=1S/C38H32O2P2S/c1-39-35-25-23-33(27-37(35)41(29-15-7-3-8-16-29)30-17-9-4-10-18-30)43-34-24-26-36(40-2)38(28-34)42(31-19-11-5-12-20-31)32-21-13-6-14-22-32/h3-28H,1-2H3. The van der Waals surface area contributed by atoms with E-state index in [4.69, 9.17) is 9.47 Å². The Hall–Kier alpha value is -3.87. The summed E-state index contributed by atoms with van der Waals surface area (Å²) in [6.45, 7) is 0. The minimum absolute atomic E-state index is 0.803. The average Bonchev–Trinajstić information content (AvgIpc) is 3.07. The van der Waals surface area contributed by atoms with Crippen molar-refractivity contribution >= 4 is 59.4 Å². The Morgan fingerprint density at radius 2 is 0.698 bits per heavy atom. The summed E-state index contributed by atoms with van der Waals surface area (Å²) in [7, 11) is 1.92. The Balaban J connectivity index is 1.42. The van der Waals surface area contributed by atoms with Crippen molar-refractivity contribution in [3.63, 3.8) is 0 Å². The van der Waals surface area contributed by atoms with Crippen LogP contribution in [-0.2, 0) is 0 Å². The fourth-order valence-electron chi connectivity index (χ4n) is 5.11. The van der Waals surface area contributed by atoms with Crippen LogP contribution in [0.25, 0.3) is 0 Å². The molecule has 0 saturated carbocycles. The molecule has 6 aromatic rings. The lowest BCUT2D eigenvalue weighted by Gasteiger charge is -2.23. The van der Waals surface area contributed by atoms with Gasteiger partial charge in [-0.05, 0) is 73.5 Å². The zero-order chi connectivity index (χ0) is 29.4. The van der Waals surface area contributed by atoms with Crippen LogP contribution < -0.4 is 41.3 Å². The van der Waals surface area contributed by atoms with Crippen molar-refractivity contribution in [3.05, 3.63) is 158 Å². The molecule has 0 radical (unpaired) electrons. The molecule has 0 unspecified atom stereocenters. The van der Waals surface area contributed by atoms with Gasteiger partial charge in [-0.1, -0.05) is 133 Å². The maximum absolute atomic E-state index is 5.95. The van der Waals surface area contributed by atoms with Crippen LogP contribution in [0.3, 0.4) is 0 Å². The van der Waals surface area contributed by atoms with Gasteiger partial charge < -0.3 is 9.47 Å². The topological polar surface area (TPSA) is 18.5 Å². The third-order valence-electron chi connectivity index (χ3n) is 7.08. The summed E-state index contributed by atoms with van der Waals surface area (Å²) in [5.41, 5.74) is 0. The van der Waals surface area contributed by atoms with Crippen LogP contribution in [0.1, 0.15) is 0 Å². The van der Waals surface area contributed by atoms with E-state index in [1.807, 2.05) is 0 Å². The highest BCUT2D eigenvalue weighted by Gasteiger charge is 2.23. The smallest absolute Gasteiger partial charge is 0.127 e. The highest BCUT2D eigenvalue weighted by molar-refractivity contribution is 7.99. The first-order valence-electron chi connectivity index (χ1n) is 14.1. The molecule has 212 valence electrons. The van der Waals surface area contributed by atoms with Gasteiger partial charge in [0.25, 0.3) is 0 Å². The predicted molar refractivity (Wildman–Crippen MR) is 188 cm³/mol. The Labute approximate surface area is 261 Å². The van der Waals surface area contributed by atoms with Crippen LogP contribution in [0.4, 0.5) is 0 Å². The van der Waals surface area contributed by atoms with Crippen molar-refractivity contribution < 1.29 is 9.47 Å². The highest BCUT2D eigenvalue weighted by Crippen LogP contribution is 2.41. The molecule has 5 heteroatoms. The summed E-state index contributed by atoms with van der Waals surface area (Å²) in [5, 5.41) is 7.62. The fraction of sp³-hybridized carbons (Fsp3) is 0.0526. The molecule has 0 spiro atoms. The van der Waals surface area contributed by atoms with E-state index >= 15 is 0 Å². The third-order valence-corrected chi connectivity index (χ3v) is 13.0. The van der Waals surface area contributed by atoms with Crippen molar-refractivity contribution in [1.29, 1.82) is 0 Å². The lowest BCUT2D eigenvalue weighted by atomic mass is 10.3. The van der Waals surface area contributed by atoms with E-state index in [0.717, 1.165) is 11.5 Å². The van der Waals surface area contributed by atoms with Gasteiger partial charge in [-0.25, -0.2) is 0 Å². The van der Waals surface area contributed by atoms with E-state index in [0.29, 0.717) is 0 Å². The van der Waals surface area contributed by atoms with Gasteiger partial charge in [0.15, 0.2) is 0 Å². The van der Waals surface area contributed by atoms with E-state index < -0.39 is 15.8 Å². The van der Waals surface area contributed by atoms with Crippen LogP contribution in [0.5, 0.6) is 11.5 Å². The normalized spacial score (nSPS) is 11.1. The van der Waals surface area contributed by atoms with Crippen molar-refractivity contribution in [3.8, 4) is 11.5 Å². The average molecular weight is 615 g/mol. The SMILES string of the molecule is COc1ccc(Sc2ccc(OC)c(P(c3ccccc3)c3ccccc3)c2)cc1P(c1ccccc1)c1ccccc1. The van der Waals surface area contributed by atoms with Crippen molar-refractivity contribution in [2.24, 2.45) is 0 Å². The van der Waals surface area contributed by atoms with Crippen molar-refractivity contribution in [1.82, 2.24) is 0 Å². The molecule has 6 aromatic carbocycles. The van der Waals surface area contributed by atoms with Gasteiger partial charge in [-0.2, -0.15) is 0 Å². The van der Waals surface area contributed by atoms with Crippen LogP contribution in [-0.4, -0.2) is 14.2 Å². The molecule has 6 rings (SSSR count). The quantitative estimate of drug-likeness (QED) is 0.150. The summed E-state index contributed by atoms with van der Waals surface area (Å²) >= 11 is 1.78. The maximum atomic E-state index is 5.95. The summed E-state index contributed by atoms with van der Waals surface area (Å²) in [4.78, 5) is 2.35. The van der Waals surface area contributed by atoms with Crippen LogP contribution in [0.2, 0.25) is 0 Å². The van der Waals surface area contributed by atoms with E-state index in [2.05, 4.69) is 158 Å². The Morgan fingerprint density at radius 1 is 0.395 bits per heavy atom. The van der Waals surface area contributed by atoms with Gasteiger partial charge >= 0.3 is 0 Å². The van der Waals surface area contributed by atoms with Gasteiger partial charge in [0, 0.05) is 20.4 Å².